The quantitative estimate of drug-likeness (QED) is 0.442. The van der Waals surface area contributed by atoms with Crippen LogP contribution in [0.2, 0.25) is 0 Å². The Labute approximate surface area is 187 Å². The molecule has 2 rings (SSSR count). The SMILES string of the molecule is Cc1cc(NC[C@@](O)(c2cccc(C(F)(F)F)c2)C(F)(F)F)ccc1CNC(=O)CC(F)(F)F. The number of aryl methyl sites for hydroxylation is 1. The van der Waals surface area contributed by atoms with Gasteiger partial charge in [-0.25, -0.2) is 0 Å². The van der Waals surface area contributed by atoms with Gasteiger partial charge in [-0.2, -0.15) is 39.5 Å². The van der Waals surface area contributed by atoms with E-state index in [1.54, 1.807) is 0 Å². The minimum absolute atomic E-state index is 0.0533. The Morgan fingerprint density at radius 1 is 0.912 bits per heavy atom. The maximum atomic E-state index is 13.7. The minimum Gasteiger partial charge on any atom is -0.381 e. The summed E-state index contributed by atoms with van der Waals surface area (Å²) in [6, 6.07) is 6.16. The number of halogens is 9. The van der Waals surface area contributed by atoms with Crippen LogP contribution in [-0.2, 0) is 23.1 Å². The van der Waals surface area contributed by atoms with E-state index < -0.39 is 54.1 Å². The fourth-order valence-electron chi connectivity index (χ4n) is 2.99. The molecule has 0 aromatic heterocycles. The van der Waals surface area contributed by atoms with Gasteiger partial charge in [-0.3, -0.25) is 4.79 Å². The van der Waals surface area contributed by atoms with Crippen LogP contribution in [0.4, 0.5) is 45.2 Å². The third-order valence-corrected chi connectivity index (χ3v) is 4.86. The van der Waals surface area contributed by atoms with Gasteiger partial charge < -0.3 is 15.7 Å². The molecule has 0 unspecified atom stereocenters. The predicted molar refractivity (Wildman–Crippen MR) is 104 cm³/mol. The van der Waals surface area contributed by atoms with Gasteiger partial charge in [0.15, 0.2) is 0 Å². The van der Waals surface area contributed by atoms with Gasteiger partial charge in [0.05, 0.1) is 12.1 Å². The van der Waals surface area contributed by atoms with E-state index in [-0.39, 0.29) is 18.3 Å². The first-order valence-electron chi connectivity index (χ1n) is 9.56. The Morgan fingerprint density at radius 3 is 2.06 bits per heavy atom. The monoisotopic (exact) mass is 502 g/mol. The second-order valence-electron chi connectivity index (χ2n) is 7.50. The van der Waals surface area contributed by atoms with Crippen molar-refractivity contribution in [2.45, 2.75) is 44.0 Å². The first-order chi connectivity index (χ1) is 15.4. The number of hydrogen-bond donors (Lipinski definition) is 3. The number of nitrogens with one attached hydrogen (secondary N) is 2. The van der Waals surface area contributed by atoms with E-state index >= 15 is 0 Å². The molecule has 13 heteroatoms. The maximum Gasteiger partial charge on any atom is 0.423 e. The first-order valence-corrected chi connectivity index (χ1v) is 9.56. The minimum atomic E-state index is -5.33. The standard InChI is InChI=1S/C21H19F9N2O2/c1-12-7-16(6-5-13(12)10-31-17(33)9-19(22,23)24)32-11-18(34,21(28,29)30)14-3-2-4-15(8-14)20(25,26)27/h2-8,32,34H,9-11H2,1H3,(H,31,33)/t18-/m1/s1. The molecule has 0 fully saturated rings. The molecule has 0 spiro atoms. The van der Waals surface area contributed by atoms with Crippen LogP contribution in [0, 0.1) is 6.92 Å². The Kier molecular flexibility index (Phi) is 7.80. The lowest BCUT2D eigenvalue weighted by molar-refractivity contribution is -0.260. The molecule has 188 valence electrons. The van der Waals surface area contributed by atoms with Crippen molar-refractivity contribution >= 4 is 11.6 Å². The summed E-state index contributed by atoms with van der Waals surface area (Å²) in [5.41, 5.74) is -5.20. The highest BCUT2D eigenvalue weighted by Gasteiger charge is 2.55. The summed E-state index contributed by atoms with van der Waals surface area (Å²) in [6.07, 6.45) is -16.6. The van der Waals surface area contributed by atoms with E-state index in [2.05, 4.69) is 10.6 Å². The lowest BCUT2D eigenvalue weighted by atomic mass is 9.91. The van der Waals surface area contributed by atoms with Crippen LogP contribution in [-0.4, -0.2) is 29.9 Å². The molecule has 2 aromatic carbocycles. The molecule has 0 radical (unpaired) electrons. The van der Waals surface area contributed by atoms with Crippen LogP contribution in [0.3, 0.4) is 0 Å². The Balaban J connectivity index is 2.18. The summed E-state index contributed by atoms with van der Waals surface area (Å²) in [7, 11) is 0. The highest BCUT2D eigenvalue weighted by atomic mass is 19.4. The normalized spacial score (nSPS) is 14.4. The summed E-state index contributed by atoms with van der Waals surface area (Å²) in [6.45, 7) is -0.00411. The summed E-state index contributed by atoms with van der Waals surface area (Å²) in [4.78, 5) is 11.3. The number of alkyl halides is 9. The molecule has 0 aliphatic rings. The van der Waals surface area contributed by atoms with Crippen molar-refractivity contribution < 1.29 is 49.4 Å². The lowest BCUT2D eigenvalue weighted by Gasteiger charge is -2.32. The largest absolute Gasteiger partial charge is 0.423 e. The van der Waals surface area contributed by atoms with Crippen LogP contribution in [0.25, 0.3) is 0 Å². The highest BCUT2D eigenvalue weighted by molar-refractivity contribution is 5.76. The van der Waals surface area contributed by atoms with E-state index in [1.807, 2.05) is 0 Å². The number of anilines is 1. The molecule has 0 saturated carbocycles. The number of benzene rings is 2. The zero-order chi connectivity index (χ0) is 25.9. The van der Waals surface area contributed by atoms with Crippen LogP contribution >= 0.6 is 0 Å². The molecule has 4 nitrogen and oxygen atoms in total. The van der Waals surface area contributed by atoms with Crippen molar-refractivity contribution in [3.63, 3.8) is 0 Å². The summed E-state index contributed by atoms with van der Waals surface area (Å²) >= 11 is 0. The van der Waals surface area contributed by atoms with Gasteiger partial charge >= 0.3 is 18.5 Å². The van der Waals surface area contributed by atoms with Crippen molar-refractivity contribution in [1.29, 1.82) is 0 Å². The Hall–Kier alpha value is -2.96. The van der Waals surface area contributed by atoms with Crippen LogP contribution in [0.1, 0.15) is 28.7 Å². The van der Waals surface area contributed by atoms with Crippen LogP contribution in [0.15, 0.2) is 42.5 Å². The lowest BCUT2D eigenvalue weighted by Crippen LogP contribution is -2.48. The molecule has 0 aliphatic heterocycles. The summed E-state index contributed by atoms with van der Waals surface area (Å²) < 4.78 is 116. The maximum absolute atomic E-state index is 13.7. The molecular weight excluding hydrogens is 483 g/mol. The molecule has 3 N–H and O–H groups in total. The molecule has 0 saturated heterocycles. The fourth-order valence-corrected chi connectivity index (χ4v) is 2.99. The molecule has 0 aliphatic carbocycles. The van der Waals surface area contributed by atoms with E-state index in [0.29, 0.717) is 17.2 Å². The average molecular weight is 502 g/mol. The number of carbonyl (C=O) groups excluding carboxylic acids is 1. The van der Waals surface area contributed by atoms with Crippen LogP contribution < -0.4 is 10.6 Å². The number of aliphatic hydroxyl groups is 1. The molecule has 0 bridgehead atoms. The smallest absolute Gasteiger partial charge is 0.381 e. The predicted octanol–water partition coefficient (Wildman–Crippen LogP) is 5.44. The number of hydrogen-bond acceptors (Lipinski definition) is 3. The molecule has 0 heterocycles. The van der Waals surface area contributed by atoms with Crippen molar-refractivity contribution in [2.24, 2.45) is 0 Å². The second kappa shape index (κ2) is 9.72. The van der Waals surface area contributed by atoms with Crippen molar-refractivity contribution in [2.75, 3.05) is 11.9 Å². The molecule has 34 heavy (non-hydrogen) atoms. The second-order valence-corrected chi connectivity index (χ2v) is 7.50. The van der Waals surface area contributed by atoms with Gasteiger partial charge in [0, 0.05) is 12.2 Å². The Bertz CT molecular complexity index is 1020. The van der Waals surface area contributed by atoms with Gasteiger partial charge in [-0.1, -0.05) is 18.2 Å². The van der Waals surface area contributed by atoms with Gasteiger partial charge in [-0.05, 0) is 47.9 Å². The van der Waals surface area contributed by atoms with Gasteiger partial charge in [0.1, 0.15) is 6.42 Å². The number of rotatable bonds is 7. The zero-order valence-corrected chi connectivity index (χ0v) is 17.4. The van der Waals surface area contributed by atoms with Crippen molar-refractivity contribution in [3.05, 3.63) is 64.7 Å². The zero-order valence-electron chi connectivity index (χ0n) is 17.4. The highest BCUT2D eigenvalue weighted by Crippen LogP contribution is 2.41. The summed E-state index contributed by atoms with van der Waals surface area (Å²) in [5.74, 6) is -1.26. The number of amides is 1. The van der Waals surface area contributed by atoms with Gasteiger partial charge in [0.2, 0.25) is 11.5 Å². The van der Waals surface area contributed by atoms with E-state index in [0.717, 1.165) is 12.1 Å². The summed E-state index contributed by atoms with van der Waals surface area (Å²) in [5, 5.41) is 14.7. The van der Waals surface area contributed by atoms with Crippen LogP contribution in [0.5, 0.6) is 0 Å². The third kappa shape index (κ3) is 7.02. The topological polar surface area (TPSA) is 61.4 Å². The third-order valence-electron chi connectivity index (χ3n) is 4.86. The molecule has 1 amide bonds. The van der Waals surface area contributed by atoms with Crippen molar-refractivity contribution in [1.82, 2.24) is 5.32 Å². The first kappa shape index (κ1) is 27.3. The molecular formula is C21H19F9N2O2. The average Bonchev–Trinajstić information content (AvgIpc) is 2.68. The van der Waals surface area contributed by atoms with Gasteiger partial charge in [-0.15, -0.1) is 0 Å². The molecule has 1 atom stereocenters. The Morgan fingerprint density at radius 2 is 1.53 bits per heavy atom. The number of carbonyl (C=O) groups is 1. The van der Waals surface area contributed by atoms with Crippen molar-refractivity contribution in [3.8, 4) is 0 Å². The van der Waals surface area contributed by atoms with Gasteiger partial charge in [0.25, 0.3) is 0 Å². The van der Waals surface area contributed by atoms with E-state index in [1.165, 1.54) is 25.1 Å². The van der Waals surface area contributed by atoms with E-state index in [9.17, 15) is 49.4 Å². The fraction of sp³-hybridized carbons (Fsp3) is 0.381. The molecule has 2 aromatic rings. The van der Waals surface area contributed by atoms with E-state index in [4.69, 9.17) is 0 Å².